The number of nitrogens with zero attached hydrogens (tertiary/aromatic N) is 3. The molecule has 5 heteroatoms. The molecule has 0 aliphatic heterocycles. The van der Waals surface area contributed by atoms with E-state index in [-0.39, 0.29) is 5.54 Å². The molecule has 1 rings (SSSR count). The quantitative estimate of drug-likeness (QED) is 0.839. The second kappa shape index (κ2) is 4.90. The number of anilines is 1. The molecule has 0 saturated carbocycles. The third-order valence-corrected chi connectivity index (χ3v) is 3.85. The van der Waals surface area contributed by atoms with E-state index >= 15 is 0 Å². The van der Waals surface area contributed by atoms with Crippen molar-refractivity contribution in [3.05, 3.63) is 5.69 Å². The molecule has 0 radical (unpaired) electrons. The molecular formula is C10H20N4S. The summed E-state index contributed by atoms with van der Waals surface area (Å²) in [6, 6.07) is 0. The number of aromatic nitrogens is 2. The Kier molecular flexibility index (Phi) is 4.04. The molecule has 86 valence electrons. The minimum Gasteiger partial charge on any atom is -0.377 e. The third-order valence-electron chi connectivity index (χ3n) is 3.07. The van der Waals surface area contributed by atoms with E-state index in [1.807, 2.05) is 7.05 Å². The van der Waals surface area contributed by atoms with E-state index < -0.39 is 0 Å². The van der Waals surface area contributed by atoms with Gasteiger partial charge >= 0.3 is 0 Å². The summed E-state index contributed by atoms with van der Waals surface area (Å²) in [4.78, 5) is 2.31. The molecule has 1 aromatic rings. The average molecular weight is 228 g/mol. The Morgan fingerprint density at radius 3 is 2.67 bits per heavy atom. The van der Waals surface area contributed by atoms with E-state index in [4.69, 9.17) is 0 Å². The Bertz CT molecular complexity index is 308. The predicted octanol–water partition coefficient (Wildman–Crippen LogP) is 2.20. The summed E-state index contributed by atoms with van der Waals surface area (Å²) in [5, 5.41) is 8.32. The highest BCUT2D eigenvalue weighted by Gasteiger charge is 2.22. The van der Waals surface area contributed by atoms with Gasteiger partial charge in [0.2, 0.25) is 0 Å². The van der Waals surface area contributed by atoms with Gasteiger partial charge < -0.3 is 5.32 Å². The summed E-state index contributed by atoms with van der Waals surface area (Å²) in [6.45, 7) is 7.53. The van der Waals surface area contributed by atoms with Crippen molar-refractivity contribution in [1.82, 2.24) is 14.5 Å². The van der Waals surface area contributed by atoms with E-state index in [9.17, 15) is 0 Å². The van der Waals surface area contributed by atoms with E-state index in [0.29, 0.717) is 0 Å². The number of hydrogen-bond acceptors (Lipinski definition) is 5. The normalized spacial score (nSPS) is 12.1. The van der Waals surface area contributed by atoms with Crippen LogP contribution in [0.5, 0.6) is 0 Å². The van der Waals surface area contributed by atoms with Gasteiger partial charge in [-0.25, -0.2) is 0 Å². The molecule has 1 N–H and O–H groups in total. The second-order valence-electron chi connectivity index (χ2n) is 4.32. The van der Waals surface area contributed by atoms with Crippen LogP contribution in [0.4, 0.5) is 5.00 Å². The SMILES string of the molecule is CCC(C)(C)N(C)Cc1nnsc1NC. The zero-order chi connectivity index (χ0) is 11.5. The summed E-state index contributed by atoms with van der Waals surface area (Å²) < 4.78 is 3.96. The lowest BCUT2D eigenvalue weighted by atomic mass is 10.00. The van der Waals surface area contributed by atoms with Crippen LogP contribution < -0.4 is 5.32 Å². The molecule has 0 spiro atoms. The van der Waals surface area contributed by atoms with Crippen molar-refractivity contribution in [3.8, 4) is 0 Å². The molecule has 4 nitrogen and oxygen atoms in total. The smallest absolute Gasteiger partial charge is 0.134 e. The number of nitrogens with one attached hydrogen (secondary N) is 1. The number of rotatable bonds is 5. The maximum Gasteiger partial charge on any atom is 0.134 e. The van der Waals surface area contributed by atoms with Crippen molar-refractivity contribution in [3.63, 3.8) is 0 Å². The highest BCUT2D eigenvalue weighted by atomic mass is 32.1. The van der Waals surface area contributed by atoms with Crippen LogP contribution in [0.2, 0.25) is 0 Å². The second-order valence-corrected chi connectivity index (χ2v) is 5.07. The van der Waals surface area contributed by atoms with Gasteiger partial charge in [-0.1, -0.05) is 11.4 Å². The van der Waals surface area contributed by atoms with Crippen molar-refractivity contribution in [1.29, 1.82) is 0 Å². The van der Waals surface area contributed by atoms with Gasteiger partial charge in [0.25, 0.3) is 0 Å². The van der Waals surface area contributed by atoms with E-state index in [0.717, 1.165) is 23.7 Å². The molecule has 0 bridgehead atoms. The summed E-state index contributed by atoms with van der Waals surface area (Å²) >= 11 is 1.41. The maximum atomic E-state index is 4.14. The standard InChI is InChI=1S/C10H20N4S/c1-6-10(2,3)14(5)7-8-9(11-4)15-13-12-8/h11H,6-7H2,1-5H3. The predicted molar refractivity (Wildman–Crippen MR) is 65.3 cm³/mol. The minimum atomic E-state index is 0.203. The highest BCUT2D eigenvalue weighted by Crippen LogP contribution is 2.23. The fourth-order valence-corrected chi connectivity index (χ4v) is 1.73. The Hall–Kier alpha value is -0.680. The Labute approximate surface area is 95.8 Å². The molecule has 15 heavy (non-hydrogen) atoms. The Morgan fingerprint density at radius 1 is 1.47 bits per heavy atom. The first-order chi connectivity index (χ1) is 7.01. The maximum absolute atomic E-state index is 4.14. The molecule has 0 saturated heterocycles. The first-order valence-corrected chi connectivity index (χ1v) is 5.98. The van der Waals surface area contributed by atoms with Crippen LogP contribution in [0.3, 0.4) is 0 Å². The van der Waals surface area contributed by atoms with Crippen LogP contribution in [0.1, 0.15) is 32.9 Å². The Balaban J connectivity index is 2.70. The zero-order valence-electron chi connectivity index (χ0n) is 10.2. The molecular weight excluding hydrogens is 208 g/mol. The molecule has 0 unspecified atom stereocenters. The monoisotopic (exact) mass is 228 g/mol. The van der Waals surface area contributed by atoms with E-state index in [2.05, 4.69) is 47.6 Å². The van der Waals surface area contributed by atoms with Gasteiger partial charge in [0, 0.05) is 30.7 Å². The van der Waals surface area contributed by atoms with Crippen molar-refractivity contribution in [2.45, 2.75) is 39.3 Å². The van der Waals surface area contributed by atoms with Crippen LogP contribution in [-0.2, 0) is 6.54 Å². The van der Waals surface area contributed by atoms with Crippen molar-refractivity contribution in [2.24, 2.45) is 0 Å². The van der Waals surface area contributed by atoms with Crippen molar-refractivity contribution >= 4 is 16.5 Å². The zero-order valence-corrected chi connectivity index (χ0v) is 11.0. The molecule has 0 aliphatic rings. The highest BCUT2D eigenvalue weighted by molar-refractivity contribution is 7.10. The molecule has 0 atom stereocenters. The summed E-state index contributed by atoms with van der Waals surface area (Å²) in [5.74, 6) is 0. The lowest BCUT2D eigenvalue weighted by molar-refractivity contribution is 0.141. The van der Waals surface area contributed by atoms with Gasteiger partial charge in [-0.15, -0.1) is 5.10 Å². The lowest BCUT2D eigenvalue weighted by Crippen LogP contribution is -2.40. The van der Waals surface area contributed by atoms with Crippen LogP contribution >= 0.6 is 11.5 Å². The van der Waals surface area contributed by atoms with Crippen LogP contribution in [-0.4, -0.2) is 34.1 Å². The fraction of sp³-hybridized carbons (Fsp3) is 0.800. The van der Waals surface area contributed by atoms with Crippen LogP contribution in [0.25, 0.3) is 0 Å². The summed E-state index contributed by atoms with van der Waals surface area (Å²) in [5.41, 5.74) is 1.24. The van der Waals surface area contributed by atoms with Gasteiger partial charge in [0.15, 0.2) is 0 Å². The van der Waals surface area contributed by atoms with Gasteiger partial charge in [-0.2, -0.15) is 0 Å². The number of hydrogen-bond donors (Lipinski definition) is 1. The van der Waals surface area contributed by atoms with Gasteiger partial charge in [0.1, 0.15) is 10.7 Å². The summed E-state index contributed by atoms with van der Waals surface area (Å²) in [6.07, 6.45) is 1.12. The van der Waals surface area contributed by atoms with Gasteiger partial charge in [0.05, 0.1) is 0 Å². The molecule has 0 aliphatic carbocycles. The molecule has 0 amide bonds. The largest absolute Gasteiger partial charge is 0.377 e. The average Bonchev–Trinajstić information content (AvgIpc) is 2.65. The fourth-order valence-electron chi connectivity index (χ4n) is 1.21. The van der Waals surface area contributed by atoms with Crippen molar-refractivity contribution in [2.75, 3.05) is 19.4 Å². The molecule has 1 heterocycles. The lowest BCUT2D eigenvalue weighted by Gasteiger charge is -2.34. The first-order valence-electron chi connectivity index (χ1n) is 5.21. The van der Waals surface area contributed by atoms with Crippen molar-refractivity contribution < 1.29 is 0 Å². The Morgan fingerprint density at radius 2 is 2.13 bits per heavy atom. The minimum absolute atomic E-state index is 0.203. The van der Waals surface area contributed by atoms with Crippen LogP contribution in [0, 0.1) is 0 Å². The molecule has 0 aromatic carbocycles. The summed E-state index contributed by atoms with van der Waals surface area (Å²) in [7, 11) is 4.03. The van der Waals surface area contributed by atoms with Crippen LogP contribution in [0.15, 0.2) is 0 Å². The van der Waals surface area contributed by atoms with Gasteiger partial charge in [-0.05, 0) is 27.3 Å². The van der Waals surface area contributed by atoms with Gasteiger partial charge in [-0.3, -0.25) is 4.90 Å². The van der Waals surface area contributed by atoms with E-state index in [1.54, 1.807) is 0 Å². The molecule has 0 fully saturated rings. The first kappa shape index (κ1) is 12.4. The third kappa shape index (κ3) is 2.89. The topological polar surface area (TPSA) is 41.1 Å². The molecule has 1 aromatic heterocycles. The van der Waals surface area contributed by atoms with E-state index in [1.165, 1.54) is 11.5 Å².